The summed E-state index contributed by atoms with van der Waals surface area (Å²) in [7, 11) is 1.90. The fourth-order valence-corrected chi connectivity index (χ4v) is 8.09. The summed E-state index contributed by atoms with van der Waals surface area (Å²) in [5.41, 5.74) is -1.09. The maximum Gasteiger partial charge on any atom is 0.316 e. The van der Waals surface area contributed by atoms with Gasteiger partial charge >= 0.3 is 11.9 Å². The van der Waals surface area contributed by atoms with Gasteiger partial charge in [0.1, 0.15) is 23.7 Å². The summed E-state index contributed by atoms with van der Waals surface area (Å²) in [4.78, 5) is 41.9. The highest BCUT2D eigenvalue weighted by molar-refractivity contribution is 6.30. The molecule has 0 radical (unpaired) electrons. The molecule has 10 nitrogen and oxygen atoms in total. The number of carbonyl (C=O) groups excluding carboxylic acids is 3. The molecule has 3 aliphatic heterocycles. The number of esters is 2. The number of benzene rings is 1. The minimum absolute atomic E-state index is 0.0278. The number of hydrogen-bond acceptors (Lipinski definition) is 10. The average Bonchev–Trinajstić information content (AvgIpc) is 3.32. The molecule has 0 spiro atoms. The van der Waals surface area contributed by atoms with Crippen LogP contribution in [0.15, 0.2) is 36.6 Å². The fraction of sp³-hybridized carbons (Fsp3) is 0.694. The Labute approximate surface area is 284 Å². The summed E-state index contributed by atoms with van der Waals surface area (Å²) in [5.74, 6) is -3.91. The number of nitrogens with zero attached hydrogens (tertiary/aromatic N) is 1. The van der Waals surface area contributed by atoms with Crippen molar-refractivity contribution in [2.24, 2.45) is 23.7 Å². The first-order valence-electron chi connectivity index (χ1n) is 16.7. The average molecular weight is 678 g/mol. The van der Waals surface area contributed by atoms with E-state index in [0.29, 0.717) is 30.8 Å². The highest BCUT2D eigenvalue weighted by Gasteiger charge is 2.57. The van der Waals surface area contributed by atoms with Crippen LogP contribution in [0.1, 0.15) is 80.2 Å². The summed E-state index contributed by atoms with van der Waals surface area (Å²) >= 11 is 6.06. The van der Waals surface area contributed by atoms with Crippen molar-refractivity contribution in [2.75, 3.05) is 7.05 Å². The van der Waals surface area contributed by atoms with E-state index in [1.807, 2.05) is 57.0 Å². The van der Waals surface area contributed by atoms with E-state index in [1.54, 1.807) is 19.9 Å². The van der Waals surface area contributed by atoms with Crippen molar-refractivity contribution in [3.8, 4) is 0 Å². The monoisotopic (exact) mass is 677 g/mol. The van der Waals surface area contributed by atoms with E-state index in [9.17, 15) is 19.5 Å². The van der Waals surface area contributed by atoms with Gasteiger partial charge in [0.15, 0.2) is 5.78 Å². The van der Waals surface area contributed by atoms with Gasteiger partial charge in [-0.2, -0.15) is 0 Å². The Hall–Kier alpha value is -2.50. The SMILES string of the molecule is CCC[C@@](C)(OC(C)=O)[C@@H]1OC(=O)[C@H](C)C(=O)[C@H](C)[C@@H](O[C@@H]2OC=CC(N(C)Cc3ccc(Cl)cc3)C2O)[C@@]2(C)CC(C)C(O2)[C@@H]1C. The zero-order chi connectivity index (χ0) is 34.8. The van der Waals surface area contributed by atoms with Crippen molar-refractivity contribution in [1.29, 1.82) is 0 Å². The normalized spacial score (nSPS) is 37.4. The maximum atomic E-state index is 14.0. The number of halogens is 1. The van der Waals surface area contributed by atoms with E-state index < -0.39 is 77.6 Å². The molecule has 0 aromatic heterocycles. The lowest BCUT2D eigenvalue weighted by Crippen LogP contribution is -2.55. The first kappa shape index (κ1) is 37.3. The molecule has 47 heavy (non-hydrogen) atoms. The molecule has 12 atom stereocenters. The third kappa shape index (κ3) is 8.05. The molecule has 0 amide bonds. The standard InChI is InChI=1S/C36H52ClNO9/c1-10-16-35(7,46-24(6)39)32-23(5)30-20(2)18-36(8,47-30)31(21(3)28(40)22(4)33(42)44-32)45-34-29(41)27(15-17-43-34)38(9)19-25-11-13-26(37)14-12-25/h11-15,17,20-23,27,29-32,34,41H,10,16,18-19H2,1-9H3/t20?,21-,22+,23-,27?,29?,30?,31+,32+,34-,35+,36+/m0/s1. The summed E-state index contributed by atoms with van der Waals surface area (Å²) in [6.07, 6.45) is 0.605. The highest BCUT2D eigenvalue weighted by atomic mass is 35.5. The van der Waals surface area contributed by atoms with Gasteiger partial charge in [0.05, 0.1) is 30.1 Å². The molecule has 4 unspecified atom stereocenters. The van der Waals surface area contributed by atoms with Crippen molar-refractivity contribution in [1.82, 2.24) is 4.90 Å². The predicted octanol–water partition coefficient (Wildman–Crippen LogP) is 5.46. The lowest BCUT2D eigenvalue weighted by atomic mass is 9.76. The number of rotatable bonds is 9. The van der Waals surface area contributed by atoms with Crippen molar-refractivity contribution >= 4 is 29.3 Å². The van der Waals surface area contributed by atoms with E-state index in [4.69, 9.17) is 35.3 Å². The van der Waals surface area contributed by atoms with Crippen LogP contribution >= 0.6 is 11.6 Å². The Kier molecular flexibility index (Phi) is 11.9. The van der Waals surface area contributed by atoms with Crippen LogP contribution in [-0.4, -0.2) is 82.7 Å². The Bertz CT molecular complexity index is 1310. The van der Waals surface area contributed by atoms with Crippen LogP contribution in [0.5, 0.6) is 0 Å². The third-order valence-electron chi connectivity index (χ3n) is 10.2. The Morgan fingerprint density at radius 2 is 1.83 bits per heavy atom. The van der Waals surface area contributed by atoms with Crippen LogP contribution in [0.2, 0.25) is 5.02 Å². The molecule has 2 fully saturated rings. The quantitative estimate of drug-likeness (QED) is 0.266. The molecule has 3 heterocycles. The number of hydrogen-bond donors (Lipinski definition) is 1. The smallest absolute Gasteiger partial charge is 0.316 e. The van der Waals surface area contributed by atoms with Crippen molar-refractivity contribution in [3.63, 3.8) is 0 Å². The molecule has 1 aromatic rings. The van der Waals surface area contributed by atoms with Gasteiger partial charge in [-0.25, -0.2) is 0 Å². The van der Waals surface area contributed by atoms with Crippen LogP contribution in [0, 0.1) is 23.7 Å². The second-order valence-electron chi connectivity index (χ2n) is 14.3. The first-order chi connectivity index (χ1) is 22.0. The summed E-state index contributed by atoms with van der Waals surface area (Å²) in [5, 5.41) is 12.2. The summed E-state index contributed by atoms with van der Waals surface area (Å²) < 4.78 is 31.3. The number of carbonyl (C=O) groups is 3. The Morgan fingerprint density at radius 1 is 1.17 bits per heavy atom. The largest absolute Gasteiger partial charge is 0.470 e. The molecule has 262 valence electrons. The van der Waals surface area contributed by atoms with Crippen molar-refractivity contribution in [2.45, 2.75) is 129 Å². The number of Topliss-reactive ketones (excluding diaryl/α,β-unsaturated/α-hetero) is 1. The molecule has 1 aromatic carbocycles. The van der Waals surface area contributed by atoms with E-state index in [1.165, 1.54) is 20.1 Å². The van der Waals surface area contributed by atoms with Crippen molar-refractivity contribution in [3.05, 3.63) is 47.2 Å². The topological polar surface area (TPSA) is 121 Å². The number of aliphatic hydroxyl groups is 1. The van der Waals surface area contributed by atoms with Gasteiger partial charge in [0, 0.05) is 30.3 Å². The predicted molar refractivity (Wildman–Crippen MR) is 176 cm³/mol. The minimum atomic E-state index is -1.13. The summed E-state index contributed by atoms with van der Waals surface area (Å²) in [6.45, 7) is 14.8. The van der Waals surface area contributed by atoms with Gasteiger partial charge in [0.2, 0.25) is 6.29 Å². The molecule has 3 aliphatic rings. The Balaban J connectivity index is 1.65. The van der Waals surface area contributed by atoms with Gasteiger partial charge in [0.25, 0.3) is 0 Å². The fourth-order valence-electron chi connectivity index (χ4n) is 7.96. The lowest BCUT2D eigenvalue weighted by Gasteiger charge is -2.43. The van der Waals surface area contributed by atoms with E-state index in [0.717, 1.165) is 5.56 Å². The van der Waals surface area contributed by atoms with Gasteiger partial charge in [-0.1, -0.05) is 57.8 Å². The second-order valence-corrected chi connectivity index (χ2v) is 14.7. The van der Waals surface area contributed by atoms with E-state index >= 15 is 0 Å². The third-order valence-corrected chi connectivity index (χ3v) is 10.4. The molecular formula is C36H52ClNO9. The van der Waals surface area contributed by atoms with E-state index in [-0.39, 0.29) is 11.7 Å². The van der Waals surface area contributed by atoms with Gasteiger partial charge in [-0.05, 0) is 70.4 Å². The number of ether oxygens (including phenoxy) is 5. The molecule has 2 bridgehead atoms. The molecule has 1 N–H and O–H groups in total. The second kappa shape index (κ2) is 14.9. The number of cyclic esters (lactones) is 1. The molecular weight excluding hydrogens is 626 g/mol. The zero-order valence-electron chi connectivity index (χ0n) is 29.1. The van der Waals surface area contributed by atoms with Crippen LogP contribution < -0.4 is 0 Å². The van der Waals surface area contributed by atoms with Gasteiger partial charge in [-0.3, -0.25) is 19.3 Å². The number of fused-ring (bicyclic) bond motifs is 2. The Morgan fingerprint density at radius 3 is 2.45 bits per heavy atom. The van der Waals surface area contributed by atoms with Crippen LogP contribution in [0.3, 0.4) is 0 Å². The number of likely N-dealkylation sites (N-methyl/N-ethyl adjacent to an activating group) is 1. The molecule has 4 rings (SSSR count). The van der Waals surface area contributed by atoms with Crippen LogP contribution in [-0.2, 0) is 44.6 Å². The number of aliphatic hydroxyl groups excluding tert-OH is 1. The maximum absolute atomic E-state index is 14.0. The molecule has 0 aliphatic carbocycles. The molecule has 11 heteroatoms. The van der Waals surface area contributed by atoms with Gasteiger partial charge < -0.3 is 28.8 Å². The number of ketones is 1. The summed E-state index contributed by atoms with van der Waals surface area (Å²) in [6, 6.07) is 7.06. The molecule has 2 saturated heterocycles. The first-order valence-corrected chi connectivity index (χ1v) is 17.1. The lowest BCUT2D eigenvalue weighted by molar-refractivity contribution is -0.256. The van der Waals surface area contributed by atoms with Crippen LogP contribution in [0.25, 0.3) is 0 Å². The minimum Gasteiger partial charge on any atom is -0.470 e. The molecule has 0 saturated carbocycles. The van der Waals surface area contributed by atoms with E-state index in [2.05, 4.69) is 6.92 Å². The van der Waals surface area contributed by atoms with Crippen LogP contribution in [0.4, 0.5) is 0 Å². The highest BCUT2D eigenvalue weighted by Crippen LogP contribution is 2.47. The van der Waals surface area contributed by atoms with Gasteiger partial charge in [-0.15, -0.1) is 0 Å². The zero-order valence-corrected chi connectivity index (χ0v) is 29.9. The van der Waals surface area contributed by atoms with Crippen molar-refractivity contribution < 1.29 is 43.2 Å².